The molecule has 11 heteroatoms. The van der Waals surface area contributed by atoms with E-state index in [0.29, 0.717) is 23.9 Å². The molecule has 2 aromatic rings. The highest BCUT2D eigenvalue weighted by atomic mass is 32.2. The summed E-state index contributed by atoms with van der Waals surface area (Å²) in [5, 5.41) is 10.9. The number of hydrogen-bond acceptors (Lipinski definition) is 5. The van der Waals surface area contributed by atoms with Crippen molar-refractivity contribution in [1.82, 2.24) is 10.2 Å². The normalized spacial score (nSPS) is 16.5. The van der Waals surface area contributed by atoms with Crippen LogP contribution in [0.1, 0.15) is 27.9 Å². The van der Waals surface area contributed by atoms with Gasteiger partial charge in [0.05, 0.1) is 5.56 Å². The van der Waals surface area contributed by atoms with Crippen molar-refractivity contribution in [3.05, 3.63) is 70.5 Å². The first-order valence-corrected chi connectivity index (χ1v) is 11.1. The molecule has 3 rings (SSSR count). The molecule has 1 aliphatic rings. The molecule has 2 aromatic carbocycles. The molecule has 7 nitrogen and oxygen atoms in total. The Morgan fingerprint density at radius 2 is 1.79 bits per heavy atom. The fraction of sp³-hybridized carbons (Fsp3) is 0.318. The second-order valence-electron chi connectivity index (χ2n) is 7.56. The van der Waals surface area contributed by atoms with Crippen LogP contribution in [-0.4, -0.2) is 51.5 Å². The number of hydrogen-bond donors (Lipinski definition) is 3. The number of nitrogens with zero attached hydrogens (tertiary/aromatic N) is 1. The summed E-state index contributed by atoms with van der Waals surface area (Å²) in [6.07, 6.45) is -0.363. The predicted molar refractivity (Wildman–Crippen MR) is 116 cm³/mol. The quantitative estimate of drug-likeness (QED) is 0.499. The zero-order valence-corrected chi connectivity index (χ0v) is 18.2. The Hall–Kier alpha value is -3.05. The second kappa shape index (κ2) is 10.7. The SMILES string of the molecule is N[C@@H](CC(=O)N1CCS[C@H]1C(=O)NCc1ccc(C(=O)O)cc1)Cc1cc(F)c(F)cc1F. The van der Waals surface area contributed by atoms with Gasteiger partial charge in [-0.15, -0.1) is 11.8 Å². The molecule has 0 bridgehead atoms. The predicted octanol–water partition coefficient (Wildman–Crippen LogP) is 2.28. The van der Waals surface area contributed by atoms with E-state index in [0.717, 1.165) is 6.07 Å². The number of carbonyl (C=O) groups excluding carboxylic acids is 2. The van der Waals surface area contributed by atoms with Gasteiger partial charge in [-0.05, 0) is 35.7 Å². The minimum Gasteiger partial charge on any atom is -0.478 e. The van der Waals surface area contributed by atoms with Crippen molar-refractivity contribution >= 4 is 29.5 Å². The number of nitrogens with one attached hydrogen (secondary N) is 1. The summed E-state index contributed by atoms with van der Waals surface area (Å²) in [6.45, 7) is 0.494. The molecule has 1 fully saturated rings. The lowest BCUT2D eigenvalue weighted by Gasteiger charge is -2.24. The van der Waals surface area contributed by atoms with Crippen molar-refractivity contribution in [3.8, 4) is 0 Å². The summed E-state index contributed by atoms with van der Waals surface area (Å²) in [5.41, 5.74) is 6.64. The number of nitrogens with two attached hydrogens (primary N) is 1. The van der Waals surface area contributed by atoms with E-state index in [2.05, 4.69) is 5.32 Å². The molecule has 1 saturated heterocycles. The van der Waals surface area contributed by atoms with Crippen LogP contribution in [0.3, 0.4) is 0 Å². The monoisotopic (exact) mass is 481 g/mol. The number of halogens is 3. The summed E-state index contributed by atoms with van der Waals surface area (Å²) in [6, 6.07) is 6.35. The smallest absolute Gasteiger partial charge is 0.335 e. The molecule has 176 valence electrons. The zero-order valence-electron chi connectivity index (χ0n) is 17.4. The van der Waals surface area contributed by atoms with E-state index in [1.54, 1.807) is 12.1 Å². The van der Waals surface area contributed by atoms with Gasteiger partial charge >= 0.3 is 5.97 Å². The van der Waals surface area contributed by atoms with Crippen LogP contribution >= 0.6 is 11.8 Å². The molecule has 0 saturated carbocycles. The number of aromatic carboxylic acids is 1. The number of carbonyl (C=O) groups is 3. The molecule has 4 N–H and O–H groups in total. The minimum absolute atomic E-state index is 0.131. The van der Waals surface area contributed by atoms with Crippen molar-refractivity contribution in [3.63, 3.8) is 0 Å². The first-order valence-electron chi connectivity index (χ1n) is 10.1. The van der Waals surface area contributed by atoms with E-state index in [4.69, 9.17) is 10.8 Å². The second-order valence-corrected chi connectivity index (χ2v) is 8.74. The van der Waals surface area contributed by atoms with Crippen molar-refractivity contribution < 1.29 is 32.7 Å². The molecule has 0 spiro atoms. The van der Waals surface area contributed by atoms with E-state index in [1.165, 1.54) is 28.8 Å². The van der Waals surface area contributed by atoms with Gasteiger partial charge < -0.3 is 21.1 Å². The fourth-order valence-electron chi connectivity index (χ4n) is 3.40. The number of thioether (sulfide) groups is 1. The van der Waals surface area contributed by atoms with Crippen LogP contribution < -0.4 is 11.1 Å². The molecule has 0 unspecified atom stereocenters. The standard InChI is InChI=1S/C22H22F3N3O4S/c23-16-10-18(25)17(24)8-14(16)7-15(26)9-19(29)28-5-6-33-21(28)20(30)27-11-12-1-3-13(4-2-12)22(31)32/h1-4,8,10,15,21H,5-7,9,11,26H2,(H,27,30)(H,31,32)/t15-,21+/m1/s1. The first-order chi connectivity index (χ1) is 15.7. The molecule has 1 aliphatic heterocycles. The highest BCUT2D eigenvalue weighted by molar-refractivity contribution is 8.00. The molecule has 0 radical (unpaired) electrons. The Morgan fingerprint density at radius 1 is 1.12 bits per heavy atom. The van der Waals surface area contributed by atoms with Gasteiger partial charge in [-0.1, -0.05) is 12.1 Å². The van der Waals surface area contributed by atoms with Gasteiger partial charge in [-0.25, -0.2) is 18.0 Å². The minimum atomic E-state index is -1.30. The third kappa shape index (κ3) is 6.26. The Labute approximate surface area is 192 Å². The Balaban J connectivity index is 1.55. The largest absolute Gasteiger partial charge is 0.478 e. The van der Waals surface area contributed by atoms with E-state index < -0.39 is 40.7 Å². The lowest BCUT2D eigenvalue weighted by Crippen LogP contribution is -2.46. The van der Waals surface area contributed by atoms with Gasteiger partial charge in [-0.2, -0.15) is 0 Å². The van der Waals surface area contributed by atoms with Gasteiger partial charge in [-0.3, -0.25) is 9.59 Å². The molecule has 2 atom stereocenters. The van der Waals surface area contributed by atoms with Gasteiger partial charge in [0.1, 0.15) is 5.82 Å². The zero-order chi connectivity index (χ0) is 24.1. The van der Waals surface area contributed by atoms with Crippen LogP contribution in [0, 0.1) is 17.5 Å². The molecule has 1 heterocycles. The van der Waals surface area contributed by atoms with Crippen LogP contribution in [-0.2, 0) is 22.6 Å². The molecule has 0 aliphatic carbocycles. The average Bonchev–Trinajstić information content (AvgIpc) is 3.26. The average molecular weight is 481 g/mol. The van der Waals surface area contributed by atoms with Crippen LogP contribution in [0.4, 0.5) is 13.2 Å². The fourth-order valence-corrected chi connectivity index (χ4v) is 4.56. The number of benzene rings is 2. The van der Waals surface area contributed by atoms with Crippen molar-refractivity contribution in [2.75, 3.05) is 12.3 Å². The van der Waals surface area contributed by atoms with E-state index >= 15 is 0 Å². The van der Waals surface area contributed by atoms with Gasteiger partial charge in [0.15, 0.2) is 17.0 Å². The number of carboxylic acid groups (broad SMARTS) is 1. The van der Waals surface area contributed by atoms with Gasteiger partial charge in [0, 0.05) is 37.4 Å². The van der Waals surface area contributed by atoms with E-state index in [9.17, 15) is 27.6 Å². The molecular weight excluding hydrogens is 459 g/mol. The maximum Gasteiger partial charge on any atom is 0.335 e. The van der Waals surface area contributed by atoms with Crippen LogP contribution in [0.5, 0.6) is 0 Å². The van der Waals surface area contributed by atoms with Crippen molar-refractivity contribution in [2.45, 2.75) is 30.8 Å². The lowest BCUT2D eigenvalue weighted by atomic mass is 10.0. The van der Waals surface area contributed by atoms with Crippen molar-refractivity contribution in [1.29, 1.82) is 0 Å². The molecule has 2 amide bonds. The third-order valence-corrected chi connectivity index (χ3v) is 6.31. The Morgan fingerprint density at radius 3 is 2.45 bits per heavy atom. The van der Waals surface area contributed by atoms with Gasteiger partial charge in [0.2, 0.25) is 5.91 Å². The molecular formula is C22H22F3N3O4S. The summed E-state index contributed by atoms with van der Waals surface area (Å²) >= 11 is 1.29. The summed E-state index contributed by atoms with van der Waals surface area (Å²) in [5.74, 6) is -4.73. The number of amides is 2. The topological polar surface area (TPSA) is 113 Å². The highest BCUT2D eigenvalue weighted by Crippen LogP contribution is 2.25. The van der Waals surface area contributed by atoms with E-state index in [-0.39, 0.29) is 36.4 Å². The van der Waals surface area contributed by atoms with E-state index in [1.807, 2.05) is 0 Å². The molecule has 33 heavy (non-hydrogen) atoms. The highest BCUT2D eigenvalue weighted by Gasteiger charge is 2.35. The van der Waals surface area contributed by atoms with Crippen molar-refractivity contribution in [2.24, 2.45) is 5.73 Å². The lowest BCUT2D eigenvalue weighted by molar-refractivity contribution is -0.136. The van der Waals surface area contributed by atoms with Crippen LogP contribution in [0.15, 0.2) is 36.4 Å². The first kappa shape index (κ1) is 24.6. The van der Waals surface area contributed by atoms with Crippen LogP contribution in [0.2, 0.25) is 0 Å². The maximum atomic E-state index is 13.8. The summed E-state index contributed by atoms with van der Waals surface area (Å²) in [7, 11) is 0. The van der Waals surface area contributed by atoms with Gasteiger partial charge in [0.25, 0.3) is 5.91 Å². The Bertz CT molecular complexity index is 1050. The summed E-state index contributed by atoms with van der Waals surface area (Å²) < 4.78 is 40.3. The number of carboxylic acids is 1. The Kier molecular flexibility index (Phi) is 7.98. The number of rotatable bonds is 8. The maximum absolute atomic E-state index is 13.8. The molecule has 0 aromatic heterocycles. The third-order valence-electron chi connectivity index (χ3n) is 5.11. The summed E-state index contributed by atoms with van der Waals surface area (Å²) in [4.78, 5) is 37.6. The van der Waals surface area contributed by atoms with Crippen LogP contribution in [0.25, 0.3) is 0 Å².